The molecular formula is C17H24N4O3. The molecule has 2 heterocycles. The van der Waals surface area contributed by atoms with Gasteiger partial charge in [-0.15, -0.1) is 0 Å². The van der Waals surface area contributed by atoms with E-state index in [1.54, 1.807) is 24.7 Å². The summed E-state index contributed by atoms with van der Waals surface area (Å²) in [4.78, 5) is 29.7. The second-order valence-corrected chi connectivity index (χ2v) is 6.09. The number of carbonyl (C=O) groups excluding carboxylic acids is 2. The monoisotopic (exact) mass is 332 g/mol. The highest BCUT2D eigenvalue weighted by Crippen LogP contribution is 2.21. The third kappa shape index (κ3) is 3.41. The Balaban J connectivity index is 2.20. The minimum Gasteiger partial charge on any atom is -0.465 e. The Bertz CT molecular complexity index is 760. The average molecular weight is 332 g/mol. The van der Waals surface area contributed by atoms with E-state index in [0.717, 1.165) is 5.56 Å². The van der Waals surface area contributed by atoms with Crippen LogP contribution < -0.4 is 0 Å². The van der Waals surface area contributed by atoms with Crippen LogP contribution in [0.5, 0.6) is 0 Å². The van der Waals surface area contributed by atoms with E-state index in [2.05, 4.69) is 10.1 Å². The van der Waals surface area contributed by atoms with Gasteiger partial charge in [0.05, 0.1) is 30.6 Å². The van der Waals surface area contributed by atoms with Crippen LogP contribution in [0.25, 0.3) is 0 Å². The van der Waals surface area contributed by atoms with Crippen molar-refractivity contribution < 1.29 is 14.3 Å². The van der Waals surface area contributed by atoms with E-state index < -0.39 is 5.97 Å². The molecule has 0 fully saturated rings. The molecular weight excluding hydrogens is 308 g/mol. The number of nitrogens with one attached hydrogen (secondary N) is 1. The first kappa shape index (κ1) is 17.9. The molecule has 24 heavy (non-hydrogen) atoms. The Labute approximate surface area is 141 Å². The summed E-state index contributed by atoms with van der Waals surface area (Å²) in [5.41, 5.74) is 3.20. The molecule has 0 bridgehead atoms. The molecule has 130 valence electrons. The van der Waals surface area contributed by atoms with Crippen molar-refractivity contribution in [3.8, 4) is 0 Å². The van der Waals surface area contributed by atoms with Crippen molar-refractivity contribution in [2.45, 2.75) is 33.4 Å². The molecule has 0 radical (unpaired) electrons. The van der Waals surface area contributed by atoms with Crippen LogP contribution >= 0.6 is 0 Å². The summed E-state index contributed by atoms with van der Waals surface area (Å²) in [6.45, 7) is 5.99. The zero-order valence-electron chi connectivity index (χ0n) is 15.0. The van der Waals surface area contributed by atoms with Crippen LogP contribution in [-0.2, 0) is 18.3 Å². The van der Waals surface area contributed by atoms with Crippen molar-refractivity contribution in [2.24, 2.45) is 7.05 Å². The molecule has 0 saturated heterocycles. The summed E-state index contributed by atoms with van der Waals surface area (Å²) in [5, 5.41) is 4.14. The molecule has 2 rings (SSSR count). The summed E-state index contributed by atoms with van der Waals surface area (Å²) in [6.07, 6.45) is 3.71. The Kier molecular flexibility index (Phi) is 5.23. The zero-order chi connectivity index (χ0) is 18.0. The highest BCUT2D eigenvalue weighted by molar-refractivity contribution is 6.03. The Morgan fingerprint density at radius 3 is 2.62 bits per heavy atom. The van der Waals surface area contributed by atoms with Gasteiger partial charge in [0.2, 0.25) is 0 Å². The van der Waals surface area contributed by atoms with E-state index in [1.165, 1.54) is 7.11 Å². The van der Waals surface area contributed by atoms with Crippen molar-refractivity contribution in [1.82, 2.24) is 19.7 Å². The molecule has 0 aromatic carbocycles. The van der Waals surface area contributed by atoms with E-state index in [1.807, 2.05) is 32.1 Å². The van der Waals surface area contributed by atoms with Crippen LogP contribution in [0.4, 0.5) is 0 Å². The SMILES string of the molecule is COC(=O)c1c(C)[nH]c(C(=O)C(C)N(C)Cc2cnn(C)c2)c1C. The maximum Gasteiger partial charge on any atom is 0.339 e. The first-order chi connectivity index (χ1) is 11.3. The Hall–Kier alpha value is -2.41. The lowest BCUT2D eigenvalue weighted by molar-refractivity contribution is 0.0599. The van der Waals surface area contributed by atoms with Gasteiger partial charge in [0.15, 0.2) is 5.78 Å². The van der Waals surface area contributed by atoms with E-state index in [-0.39, 0.29) is 11.8 Å². The molecule has 0 spiro atoms. The van der Waals surface area contributed by atoms with Gasteiger partial charge in [-0.2, -0.15) is 5.10 Å². The van der Waals surface area contributed by atoms with Crippen LogP contribution in [0.3, 0.4) is 0 Å². The van der Waals surface area contributed by atoms with Gasteiger partial charge in [0.1, 0.15) is 0 Å². The molecule has 2 aromatic rings. The molecule has 7 heteroatoms. The third-order valence-corrected chi connectivity index (χ3v) is 4.30. The number of likely N-dealkylation sites (N-methyl/N-ethyl adjacent to an activating group) is 1. The van der Waals surface area contributed by atoms with E-state index in [9.17, 15) is 9.59 Å². The summed E-state index contributed by atoms with van der Waals surface area (Å²) in [6, 6.07) is -0.340. The van der Waals surface area contributed by atoms with E-state index in [0.29, 0.717) is 29.1 Å². The topological polar surface area (TPSA) is 80.2 Å². The van der Waals surface area contributed by atoms with Crippen LogP contribution in [0.1, 0.15) is 44.6 Å². The number of nitrogens with zero attached hydrogens (tertiary/aromatic N) is 3. The first-order valence-corrected chi connectivity index (χ1v) is 7.75. The Morgan fingerprint density at radius 2 is 2.08 bits per heavy atom. The number of esters is 1. The standard InChI is InChI=1S/C17H24N4O3/c1-10-14(17(23)24-6)11(2)19-15(10)16(22)12(3)20(4)8-13-7-18-21(5)9-13/h7,9,12,19H,8H2,1-6H3. The van der Waals surface area contributed by atoms with Gasteiger partial charge in [-0.1, -0.05) is 0 Å². The highest BCUT2D eigenvalue weighted by atomic mass is 16.5. The molecule has 1 N–H and O–H groups in total. The molecule has 0 aliphatic rings. The van der Waals surface area contributed by atoms with Gasteiger partial charge < -0.3 is 9.72 Å². The minimum absolute atomic E-state index is 0.0582. The molecule has 7 nitrogen and oxygen atoms in total. The maximum absolute atomic E-state index is 12.8. The number of ketones is 1. The minimum atomic E-state index is -0.434. The lowest BCUT2D eigenvalue weighted by atomic mass is 10.0. The zero-order valence-corrected chi connectivity index (χ0v) is 15.0. The molecule has 0 aliphatic heterocycles. The highest BCUT2D eigenvalue weighted by Gasteiger charge is 2.27. The van der Waals surface area contributed by atoms with Gasteiger partial charge in [-0.05, 0) is 33.4 Å². The fraction of sp³-hybridized carbons (Fsp3) is 0.471. The lowest BCUT2D eigenvalue weighted by Gasteiger charge is -2.22. The van der Waals surface area contributed by atoms with Crippen LogP contribution in [0.2, 0.25) is 0 Å². The summed E-state index contributed by atoms with van der Waals surface area (Å²) in [5.74, 6) is -0.492. The number of aromatic amines is 1. The fourth-order valence-corrected chi connectivity index (χ4v) is 2.79. The van der Waals surface area contributed by atoms with Crippen LogP contribution in [0.15, 0.2) is 12.4 Å². The summed E-state index contributed by atoms with van der Waals surface area (Å²) in [7, 11) is 5.08. The van der Waals surface area contributed by atoms with Crippen LogP contribution in [-0.4, -0.2) is 51.6 Å². The summed E-state index contributed by atoms with van der Waals surface area (Å²) < 4.78 is 6.52. The molecule has 0 amide bonds. The van der Waals surface area contributed by atoms with E-state index in [4.69, 9.17) is 4.74 Å². The van der Waals surface area contributed by atoms with E-state index >= 15 is 0 Å². The van der Waals surface area contributed by atoms with Crippen molar-refractivity contribution in [2.75, 3.05) is 14.2 Å². The average Bonchev–Trinajstić information content (AvgIpc) is 3.08. The predicted molar refractivity (Wildman–Crippen MR) is 90.1 cm³/mol. The van der Waals surface area contributed by atoms with Gasteiger partial charge in [-0.3, -0.25) is 14.4 Å². The van der Waals surface area contributed by atoms with Crippen molar-refractivity contribution >= 4 is 11.8 Å². The third-order valence-electron chi connectivity index (χ3n) is 4.30. The molecule has 1 atom stereocenters. The first-order valence-electron chi connectivity index (χ1n) is 7.75. The van der Waals surface area contributed by atoms with Crippen molar-refractivity contribution in [3.63, 3.8) is 0 Å². The van der Waals surface area contributed by atoms with Gasteiger partial charge in [-0.25, -0.2) is 4.79 Å². The van der Waals surface area contributed by atoms with Crippen molar-refractivity contribution in [1.29, 1.82) is 0 Å². The number of H-pyrrole nitrogens is 1. The largest absolute Gasteiger partial charge is 0.465 e. The number of aromatic nitrogens is 3. The number of carbonyl (C=O) groups is 2. The summed E-state index contributed by atoms with van der Waals surface area (Å²) >= 11 is 0. The number of hydrogen-bond acceptors (Lipinski definition) is 5. The number of aryl methyl sites for hydroxylation is 2. The molecule has 0 aliphatic carbocycles. The van der Waals surface area contributed by atoms with Crippen molar-refractivity contribution in [3.05, 3.63) is 40.5 Å². The Morgan fingerprint density at radius 1 is 1.42 bits per heavy atom. The van der Waals surface area contributed by atoms with Gasteiger partial charge in [0.25, 0.3) is 0 Å². The predicted octanol–water partition coefficient (Wildman–Crippen LogP) is 1.85. The lowest BCUT2D eigenvalue weighted by Crippen LogP contribution is -2.36. The molecule has 1 unspecified atom stereocenters. The van der Waals surface area contributed by atoms with Gasteiger partial charge in [0, 0.05) is 31.0 Å². The number of methoxy groups -OCH3 is 1. The molecule has 2 aromatic heterocycles. The second-order valence-electron chi connectivity index (χ2n) is 6.09. The number of Topliss-reactive ketones (excluding diaryl/α,β-unsaturated/α-hetero) is 1. The number of hydrogen-bond donors (Lipinski definition) is 1. The fourth-order valence-electron chi connectivity index (χ4n) is 2.79. The second kappa shape index (κ2) is 7.00. The van der Waals surface area contributed by atoms with Crippen LogP contribution in [0, 0.1) is 13.8 Å². The quantitative estimate of drug-likeness (QED) is 0.645. The smallest absolute Gasteiger partial charge is 0.339 e. The number of rotatable bonds is 6. The normalized spacial score (nSPS) is 12.5. The molecule has 0 saturated carbocycles. The number of ether oxygens (including phenoxy) is 1. The van der Waals surface area contributed by atoms with Gasteiger partial charge >= 0.3 is 5.97 Å². The maximum atomic E-state index is 12.8.